The van der Waals surface area contributed by atoms with Crippen LogP contribution in [0.5, 0.6) is 5.75 Å². The molecule has 1 atom stereocenters. The van der Waals surface area contributed by atoms with Crippen LogP contribution in [0.1, 0.15) is 70.8 Å². The van der Waals surface area contributed by atoms with Gasteiger partial charge in [-0.25, -0.2) is 9.97 Å². The molecule has 1 unspecified atom stereocenters. The van der Waals surface area contributed by atoms with Crippen molar-refractivity contribution in [2.45, 2.75) is 64.1 Å². The number of hydrogen-bond acceptors (Lipinski definition) is 9. The van der Waals surface area contributed by atoms with Crippen LogP contribution in [0.15, 0.2) is 47.7 Å². The number of aryl methyl sites for hydroxylation is 2. The first-order valence-electron chi connectivity index (χ1n) is 16.1. The van der Waals surface area contributed by atoms with Crippen molar-refractivity contribution in [3.8, 4) is 17.1 Å². The highest BCUT2D eigenvalue weighted by atomic mass is 35.5. The van der Waals surface area contributed by atoms with Gasteiger partial charge in [-0.1, -0.05) is 18.5 Å². The summed E-state index contributed by atoms with van der Waals surface area (Å²) in [5, 5.41) is 17.3. The third-order valence-corrected chi connectivity index (χ3v) is 10.0. The fraction of sp³-hybridized carbons (Fsp3) is 0.353. The van der Waals surface area contributed by atoms with E-state index in [1.807, 2.05) is 13.8 Å². The van der Waals surface area contributed by atoms with Crippen LogP contribution >= 0.6 is 11.6 Å². The SMILES string of the molecule is Cc1ccc(-c2nc3n(CC(=O)Nc4ccc(C(F)(F)F)cc4Cl)c4c(c(=O)n3n2)C2(CCN(C(=O)c3ncnc(C)c3O)CC2)CC4C)cn1. The molecule has 1 aromatic carbocycles. The number of hydrogen-bond donors (Lipinski definition) is 2. The molecule has 7 rings (SSSR count). The number of anilines is 1. The van der Waals surface area contributed by atoms with Crippen molar-refractivity contribution in [2.75, 3.05) is 18.4 Å². The number of benzene rings is 1. The topological polar surface area (TPSA) is 160 Å². The van der Waals surface area contributed by atoms with E-state index in [1.165, 1.54) is 10.8 Å². The van der Waals surface area contributed by atoms with Crippen molar-refractivity contribution in [1.82, 2.24) is 39.0 Å². The highest BCUT2D eigenvalue weighted by Gasteiger charge is 2.49. The van der Waals surface area contributed by atoms with Gasteiger partial charge >= 0.3 is 6.18 Å². The zero-order valence-corrected chi connectivity index (χ0v) is 28.4. The highest BCUT2D eigenvalue weighted by molar-refractivity contribution is 6.33. The Bertz CT molecular complexity index is 2280. The fourth-order valence-electron chi connectivity index (χ4n) is 7.24. The molecule has 0 saturated carbocycles. The summed E-state index contributed by atoms with van der Waals surface area (Å²) in [7, 11) is 0. The predicted molar refractivity (Wildman–Crippen MR) is 179 cm³/mol. The van der Waals surface area contributed by atoms with Crippen LogP contribution in [0.2, 0.25) is 5.02 Å². The number of aromatic hydroxyl groups is 1. The minimum absolute atomic E-state index is 0.0114. The predicted octanol–water partition coefficient (Wildman–Crippen LogP) is 5.06. The van der Waals surface area contributed by atoms with E-state index < -0.39 is 34.5 Å². The van der Waals surface area contributed by atoms with Gasteiger partial charge in [-0.3, -0.25) is 19.4 Å². The molecule has 264 valence electrons. The number of carbonyl (C=O) groups excluding carboxylic acids is 2. The summed E-state index contributed by atoms with van der Waals surface area (Å²) in [6, 6.07) is 6.20. The van der Waals surface area contributed by atoms with E-state index in [2.05, 4.69) is 30.4 Å². The van der Waals surface area contributed by atoms with Crippen molar-refractivity contribution < 1.29 is 27.9 Å². The minimum Gasteiger partial charge on any atom is -0.504 e. The number of alkyl halides is 3. The number of nitrogens with zero attached hydrogens (tertiary/aromatic N) is 8. The van der Waals surface area contributed by atoms with Crippen molar-refractivity contribution in [3.05, 3.63) is 92.1 Å². The average molecular weight is 722 g/mol. The molecular weight excluding hydrogens is 691 g/mol. The maximum Gasteiger partial charge on any atom is 0.416 e. The number of likely N-dealkylation sites (tertiary alicyclic amines) is 1. The molecule has 5 heterocycles. The zero-order chi connectivity index (χ0) is 36.4. The monoisotopic (exact) mass is 721 g/mol. The second kappa shape index (κ2) is 12.4. The number of halogens is 4. The number of carbonyl (C=O) groups is 2. The Balaban J connectivity index is 1.28. The van der Waals surface area contributed by atoms with Crippen LogP contribution in [0.3, 0.4) is 0 Å². The molecule has 1 fully saturated rings. The lowest BCUT2D eigenvalue weighted by atomic mass is 9.73. The normalized spacial score (nSPS) is 16.8. The molecule has 1 spiro atoms. The Morgan fingerprint density at radius 3 is 2.51 bits per heavy atom. The van der Waals surface area contributed by atoms with E-state index in [0.717, 1.165) is 23.9 Å². The molecule has 4 aromatic heterocycles. The standard InChI is InChI=1S/C34H31ClF3N9O4/c1-17-13-33(8-10-45(11-9-33)31(51)26-28(49)19(3)40-16-41-26)25-27(17)46(15-24(48)42-23-7-6-21(12-22(23)35)34(36,37)38)32-43-29(44-47(32)30(25)50)20-5-4-18(2)39-14-20/h4-7,12,14,16-17,49H,8-11,13,15H2,1-3H3,(H,42,48). The molecule has 5 aromatic rings. The summed E-state index contributed by atoms with van der Waals surface area (Å²) in [5.41, 5.74) is 0.526. The van der Waals surface area contributed by atoms with Crippen LogP contribution in [0.25, 0.3) is 17.2 Å². The van der Waals surface area contributed by atoms with E-state index in [9.17, 15) is 32.7 Å². The van der Waals surface area contributed by atoms with Crippen LogP contribution in [-0.4, -0.2) is 69.0 Å². The molecule has 0 bridgehead atoms. The van der Waals surface area contributed by atoms with E-state index >= 15 is 0 Å². The van der Waals surface area contributed by atoms with Gasteiger partial charge in [0.25, 0.3) is 11.5 Å². The summed E-state index contributed by atoms with van der Waals surface area (Å²) in [6.07, 6.45) is -0.432. The van der Waals surface area contributed by atoms with Gasteiger partial charge < -0.3 is 19.9 Å². The quantitative estimate of drug-likeness (QED) is 0.253. The Kier molecular flexibility index (Phi) is 8.31. The molecule has 2 amide bonds. The molecule has 0 radical (unpaired) electrons. The molecule has 51 heavy (non-hydrogen) atoms. The van der Waals surface area contributed by atoms with Crippen LogP contribution in [0, 0.1) is 13.8 Å². The van der Waals surface area contributed by atoms with Crippen LogP contribution in [-0.2, 0) is 22.9 Å². The largest absolute Gasteiger partial charge is 0.504 e. The molecule has 1 aliphatic heterocycles. The number of rotatable bonds is 5. The van der Waals surface area contributed by atoms with Crippen molar-refractivity contribution in [2.24, 2.45) is 0 Å². The molecule has 1 aliphatic carbocycles. The first kappa shape index (κ1) is 34.1. The van der Waals surface area contributed by atoms with E-state index in [0.29, 0.717) is 36.1 Å². The number of pyridine rings is 1. The number of amides is 2. The Labute approximate surface area is 293 Å². The number of nitrogens with one attached hydrogen (secondary N) is 1. The van der Waals surface area contributed by atoms with Gasteiger partial charge in [0.2, 0.25) is 11.7 Å². The lowest BCUT2D eigenvalue weighted by molar-refractivity contribution is -0.137. The van der Waals surface area contributed by atoms with Gasteiger partial charge in [0, 0.05) is 47.2 Å². The smallest absolute Gasteiger partial charge is 0.416 e. The van der Waals surface area contributed by atoms with Gasteiger partial charge in [-0.05, 0) is 69.4 Å². The van der Waals surface area contributed by atoms with Gasteiger partial charge in [0.05, 0.1) is 22.0 Å². The maximum absolute atomic E-state index is 14.4. The van der Waals surface area contributed by atoms with Gasteiger partial charge in [-0.15, -0.1) is 5.10 Å². The first-order valence-corrected chi connectivity index (χ1v) is 16.5. The Hall–Kier alpha value is -5.38. The zero-order valence-electron chi connectivity index (χ0n) is 27.6. The summed E-state index contributed by atoms with van der Waals surface area (Å²) in [5.74, 6) is -1.25. The van der Waals surface area contributed by atoms with Gasteiger partial charge in [0.15, 0.2) is 17.3 Å². The van der Waals surface area contributed by atoms with Crippen LogP contribution in [0.4, 0.5) is 18.9 Å². The lowest BCUT2D eigenvalue weighted by Crippen LogP contribution is -2.46. The summed E-state index contributed by atoms with van der Waals surface area (Å²) >= 11 is 6.14. The first-order chi connectivity index (χ1) is 24.2. The summed E-state index contributed by atoms with van der Waals surface area (Å²) in [4.78, 5) is 59.9. The molecule has 13 nitrogen and oxygen atoms in total. The Morgan fingerprint density at radius 1 is 1.10 bits per heavy atom. The van der Waals surface area contributed by atoms with E-state index in [4.69, 9.17) is 11.6 Å². The van der Waals surface area contributed by atoms with Gasteiger partial charge in [0.1, 0.15) is 12.9 Å². The van der Waals surface area contributed by atoms with E-state index in [1.54, 1.807) is 34.7 Å². The summed E-state index contributed by atoms with van der Waals surface area (Å²) in [6.45, 7) is 5.54. The van der Waals surface area contributed by atoms with Crippen LogP contribution < -0.4 is 10.9 Å². The number of piperidine rings is 1. The second-order valence-corrected chi connectivity index (χ2v) is 13.5. The molecule has 2 aliphatic rings. The van der Waals surface area contributed by atoms with Crippen molar-refractivity contribution in [3.63, 3.8) is 0 Å². The molecule has 17 heteroatoms. The minimum atomic E-state index is -4.61. The van der Waals surface area contributed by atoms with E-state index in [-0.39, 0.29) is 65.0 Å². The highest BCUT2D eigenvalue weighted by Crippen LogP contribution is 2.50. The molecule has 1 saturated heterocycles. The van der Waals surface area contributed by atoms with Crippen molar-refractivity contribution >= 4 is 34.9 Å². The summed E-state index contributed by atoms with van der Waals surface area (Å²) < 4.78 is 42.5. The maximum atomic E-state index is 14.4. The van der Waals surface area contributed by atoms with Gasteiger partial charge in [-0.2, -0.15) is 22.7 Å². The third kappa shape index (κ3) is 5.96. The Morgan fingerprint density at radius 2 is 1.84 bits per heavy atom. The number of aromatic nitrogens is 7. The lowest BCUT2D eigenvalue weighted by Gasteiger charge is -2.39. The average Bonchev–Trinajstić information content (AvgIpc) is 3.65. The third-order valence-electron chi connectivity index (χ3n) is 9.74. The fourth-order valence-corrected chi connectivity index (χ4v) is 7.47. The second-order valence-electron chi connectivity index (χ2n) is 13.1. The molecular formula is C34H31ClF3N9O4. The van der Waals surface area contributed by atoms with Crippen molar-refractivity contribution in [1.29, 1.82) is 0 Å². The molecule has 2 N–H and O–H groups in total. The number of fused-ring (bicyclic) bond motifs is 3.